The van der Waals surface area contributed by atoms with Gasteiger partial charge < -0.3 is 14.8 Å². The van der Waals surface area contributed by atoms with Crippen LogP contribution in [0.2, 0.25) is 0 Å². The molecule has 1 aliphatic rings. The first-order chi connectivity index (χ1) is 16.2. The SMILES string of the molecule is CCOc1cc(CN2CCC(Nc3ncc(-c4cccnc4)cn3)CC2)cc(OCC)c1F. The summed E-state index contributed by atoms with van der Waals surface area (Å²) in [6.07, 6.45) is 9.15. The van der Waals surface area contributed by atoms with E-state index in [2.05, 4.69) is 25.2 Å². The Morgan fingerprint density at radius 2 is 1.67 bits per heavy atom. The van der Waals surface area contributed by atoms with E-state index >= 15 is 0 Å². The summed E-state index contributed by atoms with van der Waals surface area (Å²) in [5.41, 5.74) is 2.93. The van der Waals surface area contributed by atoms with Crippen molar-refractivity contribution >= 4 is 5.95 Å². The number of halogens is 1. The Morgan fingerprint density at radius 1 is 1.00 bits per heavy atom. The third-order valence-corrected chi connectivity index (χ3v) is 5.64. The van der Waals surface area contributed by atoms with Gasteiger partial charge in [0.25, 0.3) is 0 Å². The lowest BCUT2D eigenvalue weighted by Crippen LogP contribution is -2.39. The molecule has 0 saturated carbocycles. The molecule has 0 spiro atoms. The van der Waals surface area contributed by atoms with E-state index in [0.29, 0.717) is 25.2 Å². The zero-order valence-corrected chi connectivity index (χ0v) is 19.1. The first kappa shape index (κ1) is 22.9. The van der Waals surface area contributed by atoms with Gasteiger partial charge in [0.2, 0.25) is 11.8 Å². The van der Waals surface area contributed by atoms with Gasteiger partial charge in [0, 0.05) is 61.6 Å². The van der Waals surface area contributed by atoms with E-state index < -0.39 is 5.82 Å². The minimum Gasteiger partial charge on any atom is -0.491 e. The summed E-state index contributed by atoms with van der Waals surface area (Å²) in [7, 11) is 0. The largest absolute Gasteiger partial charge is 0.491 e. The van der Waals surface area contributed by atoms with E-state index in [0.717, 1.165) is 49.2 Å². The Labute approximate surface area is 194 Å². The number of ether oxygens (including phenoxy) is 2. The summed E-state index contributed by atoms with van der Waals surface area (Å²) in [5, 5.41) is 3.45. The number of nitrogens with zero attached hydrogens (tertiary/aromatic N) is 4. The van der Waals surface area contributed by atoms with Crippen molar-refractivity contribution in [1.82, 2.24) is 19.9 Å². The number of likely N-dealkylation sites (tertiary alicyclic amines) is 1. The minimum atomic E-state index is -0.431. The number of benzene rings is 1. The van der Waals surface area contributed by atoms with Crippen molar-refractivity contribution < 1.29 is 13.9 Å². The monoisotopic (exact) mass is 451 g/mol. The predicted molar refractivity (Wildman–Crippen MR) is 126 cm³/mol. The van der Waals surface area contributed by atoms with Crippen LogP contribution in [-0.2, 0) is 6.54 Å². The molecule has 1 N–H and O–H groups in total. The second-order valence-corrected chi connectivity index (χ2v) is 8.00. The highest BCUT2D eigenvalue weighted by Gasteiger charge is 2.21. The van der Waals surface area contributed by atoms with Crippen LogP contribution in [0.5, 0.6) is 11.5 Å². The number of anilines is 1. The van der Waals surface area contributed by atoms with Crippen molar-refractivity contribution in [2.75, 3.05) is 31.6 Å². The molecule has 1 saturated heterocycles. The number of pyridine rings is 1. The molecule has 8 heteroatoms. The topological polar surface area (TPSA) is 72.4 Å². The second kappa shape index (κ2) is 11.0. The molecule has 33 heavy (non-hydrogen) atoms. The fourth-order valence-corrected chi connectivity index (χ4v) is 4.00. The molecule has 0 amide bonds. The van der Waals surface area contributed by atoms with Gasteiger partial charge in [-0.15, -0.1) is 0 Å². The molecule has 174 valence electrons. The van der Waals surface area contributed by atoms with E-state index in [-0.39, 0.29) is 11.5 Å². The van der Waals surface area contributed by atoms with Crippen LogP contribution in [0.25, 0.3) is 11.1 Å². The van der Waals surface area contributed by atoms with Gasteiger partial charge in [-0.3, -0.25) is 9.88 Å². The quantitative estimate of drug-likeness (QED) is 0.512. The average Bonchev–Trinajstić information content (AvgIpc) is 2.84. The Kier molecular flexibility index (Phi) is 7.67. The van der Waals surface area contributed by atoms with Crippen LogP contribution in [0.4, 0.5) is 10.3 Å². The van der Waals surface area contributed by atoms with Crippen LogP contribution < -0.4 is 14.8 Å². The number of hydrogen-bond acceptors (Lipinski definition) is 7. The predicted octanol–water partition coefficient (Wildman–Crippen LogP) is 4.55. The molecule has 1 fully saturated rings. The maximum absolute atomic E-state index is 14.5. The average molecular weight is 452 g/mol. The fraction of sp³-hybridized carbons (Fsp3) is 0.400. The lowest BCUT2D eigenvalue weighted by molar-refractivity contribution is 0.210. The Morgan fingerprint density at radius 3 is 2.24 bits per heavy atom. The maximum atomic E-state index is 14.5. The van der Waals surface area contributed by atoms with Crippen LogP contribution in [0.15, 0.2) is 49.1 Å². The first-order valence-corrected chi connectivity index (χ1v) is 11.5. The summed E-state index contributed by atoms with van der Waals surface area (Å²) in [6.45, 7) is 7.10. The zero-order chi connectivity index (χ0) is 23.0. The van der Waals surface area contributed by atoms with Gasteiger partial charge in [0.05, 0.1) is 13.2 Å². The van der Waals surface area contributed by atoms with Crippen LogP contribution >= 0.6 is 0 Å². The number of rotatable bonds is 9. The maximum Gasteiger partial charge on any atom is 0.222 e. The van der Waals surface area contributed by atoms with Crippen molar-refractivity contribution in [3.05, 3.63) is 60.4 Å². The van der Waals surface area contributed by atoms with Gasteiger partial charge in [-0.1, -0.05) is 6.07 Å². The van der Waals surface area contributed by atoms with Gasteiger partial charge in [0.1, 0.15) is 0 Å². The number of aromatic nitrogens is 3. The Hall–Kier alpha value is -3.26. The Bertz CT molecular complexity index is 998. The normalized spacial score (nSPS) is 14.8. The van der Waals surface area contributed by atoms with Crippen molar-refractivity contribution in [1.29, 1.82) is 0 Å². The molecular formula is C25H30FN5O2. The molecule has 0 unspecified atom stereocenters. The summed E-state index contributed by atoms with van der Waals surface area (Å²) in [4.78, 5) is 15.4. The third-order valence-electron chi connectivity index (χ3n) is 5.64. The van der Waals surface area contributed by atoms with Crippen LogP contribution in [0, 0.1) is 5.82 Å². The summed E-state index contributed by atoms with van der Waals surface area (Å²) in [5.74, 6) is 0.714. The molecule has 0 radical (unpaired) electrons. The summed E-state index contributed by atoms with van der Waals surface area (Å²) >= 11 is 0. The molecule has 0 bridgehead atoms. The molecule has 1 aliphatic heterocycles. The van der Waals surface area contributed by atoms with E-state index in [1.165, 1.54) is 0 Å². The number of nitrogens with one attached hydrogen (secondary N) is 1. The molecule has 3 aromatic rings. The van der Waals surface area contributed by atoms with Crippen molar-refractivity contribution in [3.8, 4) is 22.6 Å². The highest BCUT2D eigenvalue weighted by atomic mass is 19.1. The fourth-order valence-electron chi connectivity index (χ4n) is 4.00. The van der Waals surface area contributed by atoms with Gasteiger partial charge >= 0.3 is 0 Å². The number of piperidine rings is 1. The zero-order valence-electron chi connectivity index (χ0n) is 19.1. The smallest absolute Gasteiger partial charge is 0.222 e. The lowest BCUT2D eigenvalue weighted by atomic mass is 10.0. The molecule has 3 heterocycles. The first-order valence-electron chi connectivity index (χ1n) is 11.5. The van der Waals surface area contributed by atoms with Crippen LogP contribution in [0.1, 0.15) is 32.3 Å². The molecule has 0 aliphatic carbocycles. The van der Waals surface area contributed by atoms with Crippen LogP contribution in [-0.4, -0.2) is 52.2 Å². The standard InChI is InChI=1S/C25H30FN5O2/c1-3-32-22-12-18(13-23(24(22)26)33-4-2)17-31-10-7-21(8-11-31)30-25-28-15-20(16-29-25)19-6-5-9-27-14-19/h5-6,9,12-16,21H,3-4,7-8,10-11,17H2,1-2H3,(H,28,29,30). The summed E-state index contributed by atoms with van der Waals surface area (Å²) in [6, 6.07) is 7.77. The molecule has 0 atom stereocenters. The molecule has 4 rings (SSSR count). The lowest BCUT2D eigenvalue weighted by Gasteiger charge is -2.32. The van der Waals surface area contributed by atoms with E-state index in [1.807, 2.05) is 38.4 Å². The van der Waals surface area contributed by atoms with Crippen molar-refractivity contribution in [2.24, 2.45) is 0 Å². The number of hydrogen-bond donors (Lipinski definition) is 1. The van der Waals surface area contributed by atoms with Gasteiger partial charge in [-0.05, 0) is 50.5 Å². The molecular weight excluding hydrogens is 421 g/mol. The molecule has 2 aromatic heterocycles. The second-order valence-electron chi connectivity index (χ2n) is 8.00. The van der Waals surface area contributed by atoms with E-state index in [4.69, 9.17) is 9.47 Å². The highest BCUT2D eigenvalue weighted by molar-refractivity contribution is 5.60. The van der Waals surface area contributed by atoms with E-state index in [1.54, 1.807) is 24.5 Å². The van der Waals surface area contributed by atoms with Gasteiger partial charge in [-0.2, -0.15) is 4.39 Å². The van der Waals surface area contributed by atoms with Crippen molar-refractivity contribution in [3.63, 3.8) is 0 Å². The highest BCUT2D eigenvalue weighted by Crippen LogP contribution is 2.30. The van der Waals surface area contributed by atoms with Gasteiger partial charge in [-0.25, -0.2) is 9.97 Å². The summed E-state index contributed by atoms with van der Waals surface area (Å²) < 4.78 is 25.4. The van der Waals surface area contributed by atoms with Crippen molar-refractivity contribution in [2.45, 2.75) is 39.3 Å². The van der Waals surface area contributed by atoms with Crippen LogP contribution in [0.3, 0.4) is 0 Å². The minimum absolute atomic E-state index is 0.252. The van der Waals surface area contributed by atoms with E-state index in [9.17, 15) is 4.39 Å². The molecule has 7 nitrogen and oxygen atoms in total. The Balaban J connectivity index is 1.32. The molecule has 1 aromatic carbocycles. The third kappa shape index (κ3) is 5.96. The van der Waals surface area contributed by atoms with Gasteiger partial charge in [0.15, 0.2) is 11.5 Å².